The minimum absolute atomic E-state index is 0.0369. The maximum atomic E-state index is 9.72. The first-order valence-electron chi connectivity index (χ1n) is 9.56. The summed E-state index contributed by atoms with van der Waals surface area (Å²) in [5, 5.41) is 20.4. The van der Waals surface area contributed by atoms with Gasteiger partial charge in [-0.15, -0.1) is 0 Å². The van der Waals surface area contributed by atoms with Crippen LogP contribution in [0.15, 0.2) is 59.5 Å². The van der Waals surface area contributed by atoms with Crippen LogP contribution >= 0.6 is 11.9 Å². The van der Waals surface area contributed by atoms with Crippen LogP contribution in [0.3, 0.4) is 0 Å². The van der Waals surface area contributed by atoms with Gasteiger partial charge in [0.25, 0.3) is 0 Å². The fourth-order valence-electron chi connectivity index (χ4n) is 3.94. The quantitative estimate of drug-likeness (QED) is 0.609. The summed E-state index contributed by atoms with van der Waals surface area (Å²) in [5.41, 5.74) is 5.20. The maximum absolute atomic E-state index is 9.72. The molecule has 3 aromatic rings. The number of nitrogens with zero attached hydrogens (tertiary/aromatic N) is 2. The van der Waals surface area contributed by atoms with Crippen molar-refractivity contribution in [3.63, 3.8) is 0 Å². The first-order valence-corrected chi connectivity index (χ1v) is 10.4. The van der Waals surface area contributed by atoms with Gasteiger partial charge in [-0.2, -0.15) is 5.10 Å². The Morgan fingerprint density at radius 1 is 1.04 bits per heavy atom. The molecule has 1 saturated carbocycles. The van der Waals surface area contributed by atoms with Crippen molar-refractivity contribution in [3.8, 4) is 16.9 Å². The summed E-state index contributed by atoms with van der Waals surface area (Å²) < 4.78 is 2.02. The number of hydrogen-bond acceptors (Lipinski definition) is 4. The molecule has 0 atom stereocenters. The smallest absolute Gasteiger partial charge is 0.0743 e. The number of benzene rings is 2. The Labute approximate surface area is 164 Å². The van der Waals surface area contributed by atoms with E-state index in [2.05, 4.69) is 30.3 Å². The molecule has 3 N–H and O–H groups in total. The molecule has 0 amide bonds. The Balaban J connectivity index is 1.81. The van der Waals surface area contributed by atoms with Crippen LogP contribution in [0, 0.1) is 0 Å². The molecule has 0 saturated heterocycles. The van der Waals surface area contributed by atoms with Crippen molar-refractivity contribution in [2.24, 2.45) is 5.14 Å². The Morgan fingerprint density at radius 3 is 2.52 bits per heavy atom. The molecule has 1 aromatic heterocycles. The van der Waals surface area contributed by atoms with Crippen LogP contribution in [0.25, 0.3) is 16.9 Å². The van der Waals surface area contributed by atoms with Gasteiger partial charge in [-0.05, 0) is 54.6 Å². The van der Waals surface area contributed by atoms with Gasteiger partial charge in [0.05, 0.1) is 23.7 Å². The van der Waals surface area contributed by atoms with E-state index in [-0.39, 0.29) is 6.61 Å². The van der Waals surface area contributed by atoms with Crippen LogP contribution in [0.5, 0.6) is 0 Å². The van der Waals surface area contributed by atoms with Crippen LogP contribution < -0.4 is 5.14 Å². The van der Waals surface area contributed by atoms with Gasteiger partial charge < -0.3 is 5.11 Å². The highest BCUT2D eigenvalue weighted by Crippen LogP contribution is 2.35. The molecule has 0 aliphatic heterocycles. The van der Waals surface area contributed by atoms with Crippen LogP contribution in [0.1, 0.15) is 49.3 Å². The Bertz CT molecular complexity index is 901. The molecule has 1 aliphatic rings. The molecule has 0 unspecified atom stereocenters. The van der Waals surface area contributed by atoms with E-state index in [0.29, 0.717) is 5.92 Å². The average Bonchev–Trinajstić information content (AvgIpc) is 3.20. The SMILES string of the molecule is NSc1ccc(-n2nc(C3CCCCC3)cc2-c2ccccc2)cc1CO. The first-order chi connectivity index (χ1) is 13.3. The van der Waals surface area contributed by atoms with Crippen molar-refractivity contribution >= 4 is 11.9 Å². The van der Waals surface area contributed by atoms with Crippen LogP contribution in [0.4, 0.5) is 0 Å². The van der Waals surface area contributed by atoms with Crippen molar-refractivity contribution < 1.29 is 5.11 Å². The molecule has 0 bridgehead atoms. The summed E-state index contributed by atoms with van der Waals surface area (Å²) in [5.74, 6) is 0.540. The van der Waals surface area contributed by atoms with E-state index in [4.69, 9.17) is 10.2 Å². The molecule has 0 spiro atoms. The number of rotatable bonds is 5. The van der Waals surface area contributed by atoms with Gasteiger partial charge in [0.15, 0.2) is 0 Å². The Hall–Kier alpha value is -2.08. The number of hydrogen-bond donors (Lipinski definition) is 2. The standard InChI is InChI=1S/C22H25N3OS/c23-27-22-12-11-19(13-18(22)15-26)25-21(17-9-5-2-6-10-17)14-20(24-25)16-7-3-1-4-8-16/h2,5-6,9-14,16,26H,1,3-4,7-8,15,23H2. The number of aliphatic hydroxyl groups is 1. The minimum Gasteiger partial charge on any atom is -0.392 e. The van der Waals surface area contributed by atoms with Crippen molar-refractivity contribution in [1.82, 2.24) is 9.78 Å². The lowest BCUT2D eigenvalue weighted by molar-refractivity contribution is 0.279. The number of aliphatic hydroxyl groups excluding tert-OH is 1. The van der Waals surface area contributed by atoms with Gasteiger partial charge in [-0.1, -0.05) is 49.6 Å². The highest BCUT2D eigenvalue weighted by molar-refractivity contribution is 7.97. The second-order valence-electron chi connectivity index (χ2n) is 7.14. The molecule has 1 fully saturated rings. The van der Waals surface area contributed by atoms with E-state index >= 15 is 0 Å². The maximum Gasteiger partial charge on any atom is 0.0743 e. The van der Waals surface area contributed by atoms with E-state index in [1.54, 1.807) is 0 Å². The van der Waals surface area contributed by atoms with Crippen LogP contribution in [0.2, 0.25) is 0 Å². The summed E-state index contributed by atoms with van der Waals surface area (Å²) >= 11 is 1.16. The van der Waals surface area contributed by atoms with E-state index in [1.807, 2.05) is 28.9 Å². The van der Waals surface area contributed by atoms with E-state index in [0.717, 1.165) is 39.4 Å². The summed E-state index contributed by atoms with van der Waals surface area (Å²) in [6.07, 6.45) is 6.34. The molecule has 2 aromatic carbocycles. The van der Waals surface area contributed by atoms with Gasteiger partial charge in [0.2, 0.25) is 0 Å². The predicted octanol–water partition coefficient (Wildman–Crippen LogP) is 5.05. The monoisotopic (exact) mass is 379 g/mol. The molecule has 1 heterocycles. The predicted molar refractivity (Wildman–Crippen MR) is 111 cm³/mol. The molecular weight excluding hydrogens is 354 g/mol. The summed E-state index contributed by atoms with van der Waals surface area (Å²) in [7, 11) is 0. The van der Waals surface area contributed by atoms with Crippen LogP contribution in [-0.4, -0.2) is 14.9 Å². The van der Waals surface area contributed by atoms with E-state index in [1.165, 1.54) is 37.8 Å². The molecule has 140 valence electrons. The first kappa shape index (κ1) is 18.3. The third-order valence-electron chi connectivity index (χ3n) is 5.41. The molecule has 4 rings (SSSR count). The fraction of sp³-hybridized carbons (Fsp3) is 0.318. The van der Waals surface area contributed by atoms with Crippen molar-refractivity contribution in [2.75, 3.05) is 0 Å². The molecule has 0 radical (unpaired) electrons. The lowest BCUT2D eigenvalue weighted by Crippen LogP contribution is -2.06. The molecule has 27 heavy (non-hydrogen) atoms. The minimum atomic E-state index is -0.0369. The fourth-order valence-corrected chi connectivity index (χ4v) is 4.37. The molecule has 5 heteroatoms. The highest BCUT2D eigenvalue weighted by atomic mass is 32.2. The normalized spacial score (nSPS) is 15.2. The number of aromatic nitrogens is 2. The van der Waals surface area contributed by atoms with Gasteiger partial charge >= 0.3 is 0 Å². The van der Waals surface area contributed by atoms with Gasteiger partial charge in [-0.25, -0.2) is 4.68 Å². The zero-order valence-corrected chi connectivity index (χ0v) is 16.2. The van der Waals surface area contributed by atoms with Crippen molar-refractivity contribution in [3.05, 3.63) is 65.9 Å². The second-order valence-corrected chi connectivity index (χ2v) is 7.81. The number of nitrogens with two attached hydrogens (primary N) is 1. The van der Waals surface area contributed by atoms with Crippen molar-refractivity contribution in [2.45, 2.75) is 49.5 Å². The average molecular weight is 380 g/mol. The second kappa shape index (κ2) is 8.30. The zero-order valence-electron chi connectivity index (χ0n) is 15.3. The molecular formula is C22H25N3OS. The third kappa shape index (κ3) is 3.81. The topological polar surface area (TPSA) is 64.1 Å². The summed E-state index contributed by atoms with van der Waals surface area (Å²) in [6.45, 7) is -0.0369. The summed E-state index contributed by atoms with van der Waals surface area (Å²) in [4.78, 5) is 0.891. The Kier molecular flexibility index (Phi) is 5.62. The zero-order chi connectivity index (χ0) is 18.6. The van der Waals surface area contributed by atoms with E-state index in [9.17, 15) is 5.11 Å². The Morgan fingerprint density at radius 2 is 1.81 bits per heavy atom. The van der Waals surface area contributed by atoms with Gasteiger partial charge in [-0.3, -0.25) is 5.14 Å². The lowest BCUT2D eigenvalue weighted by atomic mass is 9.87. The van der Waals surface area contributed by atoms with E-state index < -0.39 is 0 Å². The molecule has 1 aliphatic carbocycles. The third-order valence-corrected chi connectivity index (χ3v) is 6.06. The molecule has 4 nitrogen and oxygen atoms in total. The van der Waals surface area contributed by atoms with Gasteiger partial charge in [0, 0.05) is 16.4 Å². The van der Waals surface area contributed by atoms with Gasteiger partial charge in [0.1, 0.15) is 0 Å². The van der Waals surface area contributed by atoms with Crippen molar-refractivity contribution in [1.29, 1.82) is 0 Å². The summed E-state index contributed by atoms with van der Waals surface area (Å²) in [6, 6.07) is 18.6. The highest BCUT2D eigenvalue weighted by Gasteiger charge is 2.21. The van der Waals surface area contributed by atoms with Crippen LogP contribution in [-0.2, 0) is 6.61 Å². The lowest BCUT2D eigenvalue weighted by Gasteiger charge is -2.19. The largest absolute Gasteiger partial charge is 0.392 e.